The lowest BCUT2D eigenvalue weighted by molar-refractivity contribution is -0.138. The van der Waals surface area contributed by atoms with E-state index in [4.69, 9.17) is 5.11 Å². The van der Waals surface area contributed by atoms with E-state index in [0.29, 0.717) is 0 Å². The minimum Gasteiger partial charge on any atom is -0.481 e. The molecule has 0 aromatic carbocycles. The number of hydrogen-bond donors (Lipinski definition) is 2. The summed E-state index contributed by atoms with van der Waals surface area (Å²) in [5, 5.41) is 12.1. The molecule has 80 valence electrons. The summed E-state index contributed by atoms with van der Waals surface area (Å²) in [4.78, 5) is 14.9. The number of carboxylic acid groups (broad SMARTS) is 1. The Kier molecular flexibility index (Phi) is 2.97. The molecular weight excluding hydrogens is 192 g/mol. The summed E-state index contributed by atoms with van der Waals surface area (Å²) >= 11 is 0. The summed E-state index contributed by atoms with van der Waals surface area (Å²) in [5.41, 5.74) is 0.946. The number of aliphatic carboxylic acids is 1. The van der Waals surface area contributed by atoms with E-state index in [1.807, 2.05) is 18.2 Å². The van der Waals surface area contributed by atoms with Crippen LogP contribution in [0, 0.1) is 5.92 Å². The van der Waals surface area contributed by atoms with Crippen molar-refractivity contribution in [1.29, 1.82) is 0 Å². The molecule has 1 saturated heterocycles. The van der Waals surface area contributed by atoms with Gasteiger partial charge in [0.1, 0.15) is 0 Å². The van der Waals surface area contributed by atoms with Gasteiger partial charge in [-0.05, 0) is 31.0 Å². The second kappa shape index (κ2) is 4.40. The standard InChI is InChI=1S/C11H14N2O2/c14-10(15)7-8-4-6-13-11(8)9-3-1-2-5-12-9/h1-3,5,8,11,13H,4,6-7H2,(H,14,15). The summed E-state index contributed by atoms with van der Waals surface area (Å²) in [6, 6.07) is 5.84. The molecule has 0 radical (unpaired) electrons. The summed E-state index contributed by atoms with van der Waals surface area (Å²) in [6.07, 6.45) is 2.87. The number of pyridine rings is 1. The maximum atomic E-state index is 10.7. The van der Waals surface area contributed by atoms with Crippen LogP contribution in [-0.4, -0.2) is 22.6 Å². The van der Waals surface area contributed by atoms with E-state index in [2.05, 4.69) is 10.3 Å². The van der Waals surface area contributed by atoms with Crippen molar-refractivity contribution in [2.75, 3.05) is 6.54 Å². The highest BCUT2D eigenvalue weighted by Crippen LogP contribution is 2.30. The Labute approximate surface area is 88.3 Å². The average Bonchev–Trinajstić information content (AvgIpc) is 2.66. The van der Waals surface area contributed by atoms with Crippen molar-refractivity contribution in [1.82, 2.24) is 10.3 Å². The van der Waals surface area contributed by atoms with Crippen LogP contribution >= 0.6 is 0 Å². The quantitative estimate of drug-likeness (QED) is 0.780. The molecule has 2 atom stereocenters. The molecule has 15 heavy (non-hydrogen) atoms. The Balaban J connectivity index is 2.11. The van der Waals surface area contributed by atoms with Gasteiger partial charge in [-0.3, -0.25) is 9.78 Å². The van der Waals surface area contributed by atoms with E-state index < -0.39 is 5.97 Å². The Morgan fingerprint density at radius 2 is 2.47 bits per heavy atom. The minimum atomic E-state index is -0.732. The van der Waals surface area contributed by atoms with Gasteiger partial charge in [-0.1, -0.05) is 6.07 Å². The van der Waals surface area contributed by atoms with Crippen LogP contribution in [0.3, 0.4) is 0 Å². The molecule has 1 aromatic heterocycles. The van der Waals surface area contributed by atoms with Crippen molar-refractivity contribution in [2.45, 2.75) is 18.9 Å². The van der Waals surface area contributed by atoms with Crippen LogP contribution in [-0.2, 0) is 4.79 Å². The van der Waals surface area contributed by atoms with Crippen LogP contribution in [0.1, 0.15) is 24.6 Å². The summed E-state index contributed by atoms with van der Waals surface area (Å²) in [6.45, 7) is 0.874. The van der Waals surface area contributed by atoms with Crippen LogP contribution in [0.2, 0.25) is 0 Å². The first kappa shape index (κ1) is 10.1. The van der Waals surface area contributed by atoms with Gasteiger partial charge in [0.25, 0.3) is 0 Å². The lowest BCUT2D eigenvalue weighted by Crippen LogP contribution is -2.20. The molecule has 4 nitrogen and oxygen atoms in total. The third-order valence-electron chi connectivity index (χ3n) is 2.79. The largest absolute Gasteiger partial charge is 0.481 e. The monoisotopic (exact) mass is 206 g/mol. The van der Waals surface area contributed by atoms with Crippen LogP contribution in [0.15, 0.2) is 24.4 Å². The molecular formula is C11H14N2O2. The predicted octanol–water partition coefficient (Wildman–Crippen LogP) is 1.21. The van der Waals surface area contributed by atoms with Crippen molar-refractivity contribution < 1.29 is 9.90 Å². The molecule has 0 amide bonds. The maximum Gasteiger partial charge on any atom is 0.303 e. The first-order valence-electron chi connectivity index (χ1n) is 5.13. The Bertz CT molecular complexity index is 340. The average molecular weight is 206 g/mol. The van der Waals surface area contributed by atoms with Crippen molar-refractivity contribution in [3.63, 3.8) is 0 Å². The molecule has 2 unspecified atom stereocenters. The second-order valence-corrected chi connectivity index (χ2v) is 3.83. The number of nitrogens with one attached hydrogen (secondary N) is 1. The Hall–Kier alpha value is -1.42. The lowest BCUT2D eigenvalue weighted by Gasteiger charge is -2.16. The van der Waals surface area contributed by atoms with Gasteiger partial charge >= 0.3 is 5.97 Å². The van der Waals surface area contributed by atoms with Crippen LogP contribution in [0.25, 0.3) is 0 Å². The smallest absolute Gasteiger partial charge is 0.303 e. The number of aromatic nitrogens is 1. The van der Waals surface area contributed by atoms with Crippen molar-refractivity contribution in [3.05, 3.63) is 30.1 Å². The first-order chi connectivity index (χ1) is 7.27. The summed E-state index contributed by atoms with van der Waals surface area (Å²) < 4.78 is 0. The molecule has 0 bridgehead atoms. The second-order valence-electron chi connectivity index (χ2n) is 3.83. The zero-order valence-electron chi connectivity index (χ0n) is 8.39. The third-order valence-corrected chi connectivity index (χ3v) is 2.79. The fourth-order valence-electron chi connectivity index (χ4n) is 2.11. The molecule has 1 aliphatic heterocycles. The number of nitrogens with zero attached hydrogens (tertiary/aromatic N) is 1. The number of hydrogen-bond acceptors (Lipinski definition) is 3. The molecule has 1 fully saturated rings. The number of rotatable bonds is 3. The van der Waals surface area contributed by atoms with Crippen LogP contribution in [0.5, 0.6) is 0 Å². The SMILES string of the molecule is O=C(O)CC1CCNC1c1ccccn1. The zero-order valence-corrected chi connectivity index (χ0v) is 8.39. The lowest BCUT2D eigenvalue weighted by atomic mass is 9.94. The molecule has 0 aliphatic carbocycles. The molecule has 2 rings (SSSR count). The fourth-order valence-corrected chi connectivity index (χ4v) is 2.11. The summed E-state index contributed by atoms with van der Waals surface area (Å²) in [5.74, 6) is -0.568. The molecule has 2 N–H and O–H groups in total. The minimum absolute atomic E-state index is 0.0994. The molecule has 1 aliphatic rings. The van der Waals surface area contributed by atoms with Gasteiger partial charge in [0.05, 0.1) is 18.2 Å². The fraction of sp³-hybridized carbons (Fsp3) is 0.455. The Morgan fingerprint density at radius 3 is 3.13 bits per heavy atom. The molecule has 0 spiro atoms. The third kappa shape index (κ3) is 2.33. The first-order valence-corrected chi connectivity index (χ1v) is 5.13. The van der Waals surface area contributed by atoms with Crippen LogP contribution < -0.4 is 5.32 Å². The highest BCUT2D eigenvalue weighted by molar-refractivity contribution is 5.67. The van der Waals surface area contributed by atoms with Crippen molar-refractivity contribution >= 4 is 5.97 Å². The van der Waals surface area contributed by atoms with Gasteiger partial charge in [0.15, 0.2) is 0 Å². The highest BCUT2D eigenvalue weighted by atomic mass is 16.4. The topological polar surface area (TPSA) is 62.2 Å². The van der Waals surface area contributed by atoms with Gasteiger partial charge in [-0.15, -0.1) is 0 Å². The van der Waals surface area contributed by atoms with E-state index in [0.717, 1.165) is 18.7 Å². The summed E-state index contributed by atoms with van der Waals surface area (Å²) in [7, 11) is 0. The van der Waals surface area contributed by atoms with Gasteiger partial charge in [0, 0.05) is 6.20 Å². The van der Waals surface area contributed by atoms with E-state index in [9.17, 15) is 4.79 Å². The van der Waals surface area contributed by atoms with Gasteiger partial charge in [-0.2, -0.15) is 0 Å². The van der Waals surface area contributed by atoms with Crippen molar-refractivity contribution in [2.24, 2.45) is 5.92 Å². The van der Waals surface area contributed by atoms with E-state index in [-0.39, 0.29) is 18.4 Å². The normalized spacial score (nSPS) is 25.3. The van der Waals surface area contributed by atoms with Gasteiger partial charge in [-0.25, -0.2) is 0 Å². The van der Waals surface area contributed by atoms with Gasteiger partial charge < -0.3 is 10.4 Å². The van der Waals surface area contributed by atoms with E-state index in [1.165, 1.54) is 0 Å². The predicted molar refractivity (Wildman–Crippen MR) is 55.3 cm³/mol. The van der Waals surface area contributed by atoms with Crippen LogP contribution in [0.4, 0.5) is 0 Å². The van der Waals surface area contributed by atoms with Crippen molar-refractivity contribution in [3.8, 4) is 0 Å². The molecule has 4 heteroatoms. The zero-order chi connectivity index (χ0) is 10.7. The van der Waals surface area contributed by atoms with Gasteiger partial charge in [0.2, 0.25) is 0 Å². The molecule has 2 heterocycles. The molecule has 1 aromatic rings. The maximum absolute atomic E-state index is 10.7. The number of carbonyl (C=O) groups is 1. The Morgan fingerprint density at radius 1 is 1.60 bits per heavy atom. The highest BCUT2D eigenvalue weighted by Gasteiger charge is 2.30. The van der Waals surface area contributed by atoms with E-state index in [1.54, 1.807) is 6.20 Å². The molecule has 0 saturated carbocycles. The number of carboxylic acids is 1. The van der Waals surface area contributed by atoms with E-state index >= 15 is 0 Å².